The molecule has 0 bridgehead atoms. The van der Waals surface area contributed by atoms with E-state index in [4.69, 9.17) is 4.74 Å². The Hall–Kier alpha value is -2.12. The van der Waals surface area contributed by atoms with Gasteiger partial charge in [0.15, 0.2) is 0 Å². The summed E-state index contributed by atoms with van der Waals surface area (Å²) in [6.45, 7) is 0. The van der Waals surface area contributed by atoms with Crippen LogP contribution in [-0.2, 0) is 24.2 Å². The number of allylic oxidation sites excluding steroid dienone is 4. The van der Waals surface area contributed by atoms with Gasteiger partial charge in [-0.25, -0.2) is 12.2 Å². The third kappa shape index (κ3) is 8.43. The summed E-state index contributed by atoms with van der Waals surface area (Å²) in [4.78, 5) is 0. The Bertz CT molecular complexity index is 1090. The fourth-order valence-corrected chi connectivity index (χ4v) is 3.94. The summed E-state index contributed by atoms with van der Waals surface area (Å²) in [6, 6.07) is 33.3. The molecule has 0 fully saturated rings. The van der Waals surface area contributed by atoms with Gasteiger partial charge in [0.2, 0.25) is 0 Å². The zero-order valence-electron chi connectivity index (χ0n) is 17.8. The minimum atomic E-state index is 0. The summed E-state index contributed by atoms with van der Waals surface area (Å²) < 4.78 is 6.71. The van der Waals surface area contributed by atoms with Gasteiger partial charge in [0.05, 0.1) is 0 Å². The first-order valence-electron chi connectivity index (χ1n) is 9.89. The topological polar surface area (TPSA) is 9.23 Å². The van der Waals surface area contributed by atoms with Gasteiger partial charge in [-0.1, -0.05) is 6.07 Å². The fraction of sp³-hybridized carbons (Fsp3) is 0.0714. The quantitative estimate of drug-likeness (QED) is 0.349. The number of hydrogen-bond donors (Lipinski definition) is 0. The molecular formula is C28H24Cl2OZr-2. The van der Waals surface area contributed by atoms with Gasteiger partial charge >= 0.3 is 111 Å². The van der Waals surface area contributed by atoms with E-state index in [0.29, 0.717) is 0 Å². The van der Waals surface area contributed by atoms with E-state index < -0.39 is 0 Å². The third-order valence-electron chi connectivity index (χ3n) is 4.57. The number of fused-ring (bicyclic) bond motifs is 1. The SMILES string of the molecule is COc1ccccc1[C](=[Zr+2])c1ccccc1.[C-]1=CC=CC1.[Cl-].[Cl-].c1ccc2[cH-]ccc2c1. The molecule has 0 aromatic heterocycles. The molecular weight excluding hydrogens is 514 g/mol. The first kappa shape index (κ1) is 27.9. The van der Waals surface area contributed by atoms with Gasteiger partial charge in [0.25, 0.3) is 0 Å². The molecule has 1 nitrogen and oxygen atoms in total. The summed E-state index contributed by atoms with van der Waals surface area (Å²) in [6.07, 6.45) is 10.0. The Morgan fingerprint density at radius 3 is 2.19 bits per heavy atom. The Kier molecular flexibility index (Phi) is 13.7. The maximum Gasteiger partial charge on any atom is -0.0809 e. The van der Waals surface area contributed by atoms with E-state index in [2.05, 4.69) is 84.9 Å². The van der Waals surface area contributed by atoms with Crippen LogP contribution >= 0.6 is 0 Å². The fourth-order valence-electron chi connectivity index (χ4n) is 3.02. The van der Waals surface area contributed by atoms with Crippen LogP contribution in [0.3, 0.4) is 0 Å². The molecule has 0 amide bonds. The zero-order valence-corrected chi connectivity index (χ0v) is 21.8. The monoisotopic (exact) mass is 536 g/mol. The zero-order chi connectivity index (χ0) is 21.0. The van der Waals surface area contributed by atoms with Crippen molar-refractivity contribution in [1.82, 2.24) is 0 Å². The van der Waals surface area contributed by atoms with Crippen molar-refractivity contribution in [3.63, 3.8) is 0 Å². The van der Waals surface area contributed by atoms with Crippen LogP contribution in [0.4, 0.5) is 0 Å². The minimum absolute atomic E-state index is 0. The molecule has 0 unspecified atom stereocenters. The second-order valence-electron chi connectivity index (χ2n) is 6.60. The molecule has 0 radical (unpaired) electrons. The van der Waals surface area contributed by atoms with E-state index in [9.17, 15) is 0 Å². The van der Waals surface area contributed by atoms with Crippen LogP contribution in [0.2, 0.25) is 0 Å². The molecule has 0 heterocycles. The van der Waals surface area contributed by atoms with Crippen molar-refractivity contribution < 1.29 is 53.8 Å². The number of rotatable bonds is 3. The normalized spacial score (nSPS) is 10.6. The molecule has 4 heteroatoms. The number of methoxy groups -OCH3 is 1. The van der Waals surface area contributed by atoms with Gasteiger partial charge in [-0.3, -0.25) is 6.08 Å². The third-order valence-corrected chi connectivity index (χ3v) is 5.94. The van der Waals surface area contributed by atoms with Crippen LogP contribution in [0.25, 0.3) is 10.8 Å². The van der Waals surface area contributed by atoms with Gasteiger partial charge < -0.3 is 24.8 Å². The summed E-state index contributed by atoms with van der Waals surface area (Å²) >= 11 is 1.40. The van der Waals surface area contributed by atoms with Crippen LogP contribution in [0.1, 0.15) is 17.5 Å². The predicted molar refractivity (Wildman–Crippen MR) is 124 cm³/mol. The maximum absolute atomic E-state index is 5.38. The van der Waals surface area contributed by atoms with Crippen molar-refractivity contribution in [3.05, 3.63) is 132 Å². The number of ether oxygens (including phenoxy) is 1. The van der Waals surface area contributed by atoms with Crippen molar-refractivity contribution >= 4 is 14.0 Å². The minimum Gasteiger partial charge on any atom is -1.00 e. The van der Waals surface area contributed by atoms with Gasteiger partial charge in [0.1, 0.15) is 0 Å². The molecule has 0 saturated carbocycles. The van der Waals surface area contributed by atoms with Gasteiger partial charge in [-0.05, 0) is 0 Å². The molecule has 0 N–H and O–H groups in total. The Labute approximate surface area is 218 Å². The average molecular weight is 539 g/mol. The smallest absolute Gasteiger partial charge is 0.0809 e. The van der Waals surface area contributed by atoms with Crippen molar-refractivity contribution in [1.29, 1.82) is 0 Å². The van der Waals surface area contributed by atoms with Gasteiger partial charge in [-0.15, -0.1) is 36.1 Å². The van der Waals surface area contributed by atoms with Crippen LogP contribution in [-0.4, -0.2) is 10.3 Å². The molecule has 1 aliphatic rings. The molecule has 0 aliphatic heterocycles. The largest absolute Gasteiger partial charge is 1.00 e. The Morgan fingerprint density at radius 1 is 0.875 bits per heavy atom. The second kappa shape index (κ2) is 15.6. The van der Waals surface area contributed by atoms with Crippen molar-refractivity contribution in [2.24, 2.45) is 0 Å². The molecule has 4 aromatic carbocycles. The first-order valence-corrected chi connectivity index (χ1v) is 11.1. The summed E-state index contributed by atoms with van der Waals surface area (Å²) in [7, 11) is 1.72. The molecule has 5 rings (SSSR count). The molecule has 162 valence electrons. The summed E-state index contributed by atoms with van der Waals surface area (Å²) in [5.41, 5.74) is 2.46. The Balaban J connectivity index is 0.000000269. The number of halogens is 2. The molecule has 4 aromatic rings. The molecule has 0 spiro atoms. The van der Waals surface area contributed by atoms with Crippen LogP contribution in [0.15, 0.2) is 115 Å². The van der Waals surface area contributed by atoms with Crippen LogP contribution < -0.4 is 29.6 Å². The van der Waals surface area contributed by atoms with E-state index in [0.717, 1.165) is 12.2 Å². The number of para-hydroxylation sites is 1. The number of hydrogen-bond acceptors (Lipinski definition) is 1. The summed E-state index contributed by atoms with van der Waals surface area (Å²) in [5.74, 6) is 0.943. The van der Waals surface area contributed by atoms with Crippen LogP contribution in [0.5, 0.6) is 5.75 Å². The summed E-state index contributed by atoms with van der Waals surface area (Å²) in [5, 5.41) is 2.66. The van der Waals surface area contributed by atoms with E-state index >= 15 is 0 Å². The average Bonchev–Trinajstić information content (AvgIpc) is 3.55. The molecule has 0 saturated heterocycles. The van der Waals surface area contributed by atoms with Crippen molar-refractivity contribution in [3.8, 4) is 5.75 Å². The van der Waals surface area contributed by atoms with Gasteiger partial charge in [0, 0.05) is 0 Å². The van der Waals surface area contributed by atoms with E-state index in [1.165, 1.54) is 49.3 Å². The number of benzene rings is 3. The van der Waals surface area contributed by atoms with E-state index in [1.807, 2.05) is 36.4 Å². The Morgan fingerprint density at radius 2 is 1.56 bits per heavy atom. The van der Waals surface area contributed by atoms with Gasteiger partial charge in [-0.2, -0.15) is 23.6 Å². The standard InChI is InChI=1S/C14H12O.C9H7.C5H5.2ClH.Zr/c1-15-14-10-6-5-9-13(14)11-12-7-3-2-4-8-12;1-2-5-9-7-3-6-8(9)4-1;1-2-4-5-3-1;;;/h2-10H,1H3;1-7H;1-3H,4H2;2*1H;/q;2*-1;;;+2/p-2. The van der Waals surface area contributed by atoms with Crippen molar-refractivity contribution in [2.75, 3.05) is 7.11 Å². The van der Waals surface area contributed by atoms with Crippen molar-refractivity contribution in [2.45, 2.75) is 6.42 Å². The first-order chi connectivity index (χ1) is 14.8. The molecule has 1 aliphatic carbocycles. The predicted octanol–water partition coefficient (Wildman–Crippen LogP) is 0.683. The van der Waals surface area contributed by atoms with Crippen LogP contribution in [0, 0.1) is 6.08 Å². The van der Waals surface area contributed by atoms with E-state index in [-0.39, 0.29) is 24.8 Å². The second-order valence-corrected chi connectivity index (χ2v) is 7.83. The maximum atomic E-state index is 5.38. The van der Waals surface area contributed by atoms with E-state index in [1.54, 1.807) is 7.11 Å². The molecule has 32 heavy (non-hydrogen) atoms. The molecule has 0 atom stereocenters.